The van der Waals surface area contributed by atoms with E-state index in [-0.39, 0.29) is 10.6 Å². The van der Waals surface area contributed by atoms with Crippen LogP contribution in [0.2, 0.25) is 0 Å². The molecule has 1 rings (SSSR count). The first-order valence-corrected chi connectivity index (χ1v) is 6.70. The summed E-state index contributed by atoms with van der Waals surface area (Å²) in [6, 6.07) is 6.67. The zero-order valence-electron chi connectivity index (χ0n) is 10.4. The lowest BCUT2D eigenvalue weighted by molar-refractivity contribution is 0.610. The van der Waals surface area contributed by atoms with Gasteiger partial charge in [0.25, 0.3) is 0 Å². The first-order chi connectivity index (χ1) is 7.91. The zero-order chi connectivity index (χ0) is 12.9. The van der Waals surface area contributed by atoms with Crippen molar-refractivity contribution in [2.45, 2.75) is 38.4 Å². The minimum absolute atomic E-state index is 0.196. The fourth-order valence-corrected chi connectivity index (χ4v) is 1.76. The number of nitrogens with zero attached hydrogens (tertiary/aromatic N) is 1. The standard InChI is InChI=1S/C13H18FNOS/c1-13(2,3)17(16)15-10-6-8-11-7-4-5-9-12(11)14/h4-5,7,9-10H,6,8H2,1-3H3. The molecule has 0 heterocycles. The third kappa shape index (κ3) is 4.77. The Bertz CT molecular complexity index is 424. The van der Waals surface area contributed by atoms with Gasteiger partial charge in [0.15, 0.2) is 0 Å². The fraction of sp³-hybridized carbons (Fsp3) is 0.462. The van der Waals surface area contributed by atoms with Crippen LogP contribution in [0, 0.1) is 5.82 Å². The highest BCUT2D eigenvalue weighted by molar-refractivity contribution is 7.85. The molecule has 1 atom stereocenters. The van der Waals surface area contributed by atoms with Gasteiger partial charge in [-0.1, -0.05) is 18.2 Å². The molecule has 0 radical (unpaired) electrons. The van der Waals surface area contributed by atoms with Gasteiger partial charge in [0.2, 0.25) is 0 Å². The van der Waals surface area contributed by atoms with Gasteiger partial charge in [0.05, 0.1) is 4.75 Å². The van der Waals surface area contributed by atoms with E-state index in [1.807, 2.05) is 26.8 Å². The molecule has 0 aromatic heterocycles. The van der Waals surface area contributed by atoms with Crippen LogP contribution >= 0.6 is 0 Å². The Kier molecular flexibility index (Phi) is 5.00. The predicted molar refractivity (Wildman–Crippen MR) is 71.1 cm³/mol. The largest absolute Gasteiger partial charge is 0.234 e. The van der Waals surface area contributed by atoms with Gasteiger partial charge in [-0.2, -0.15) is 4.40 Å². The van der Waals surface area contributed by atoms with Crippen LogP contribution in [0.3, 0.4) is 0 Å². The maximum absolute atomic E-state index is 13.3. The Labute approximate surface area is 105 Å². The van der Waals surface area contributed by atoms with Crippen molar-refractivity contribution in [2.24, 2.45) is 4.40 Å². The lowest BCUT2D eigenvalue weighted by Crippen LogP contribution is -2.19. The van der Waals surface area contributed by atoms with Crippen LogP contribution in [-0.2, 0) is 17.4 Å². The van der Waals surface area contributed by atoms with E-state index >= 15 is 0 Å². The van der Waals surface area contributed by atoms with Crippen LogP contribution in [0.5, 0.6) is 0 Å². The molecule has 0 N–H and O–H groups in total. The summed E-state index contributed by atoms with van der Waals surface area (Å²) in [4.78, 5) is 0. The molecular formula is C13H18FNOS. The smallest absolute Gasteiger partial charge is 0.144 e. The Hall–Kier alpha value is -1.03. The fourth-order valence-electron chi connectivity index (χ4n) is 1.20. The topological polar surface area (TPSA) is 29.4 Å². The molecule has 94 valence electrons. The predicted octanol–water partition coefficient (Wildman–Crippen LogP) is 3.29. The van der Waals surface area contributed by atoms with E-state index < -0.39 is 11.0 Å². The normalized spacial score (nSPS) is 14.1. The van der Waals surface area contributed by atoms with Gasteiger partial charge in [0, 0.05) is 6.21 Å². The summed E-state index contributed by atoms with van der Waals surface area (Å²) in [6.07, 6.45) is 2.80. The van der Waals surface area contributed by atoms with Crippen molar-refractivity contribution in [1.29, 1.82) is 0 Å². The Morgan fingerprint density at radius 2 is 2.00 bits per heavy atom. The first-order valence-electron chi connectivity index (χ1n) is 5.59. The molecule has 0 saturated carbocycles. The van der Waals surface area contributed by atoms with Crippen molar-refractivity contribution in [3.05, 3.63) is 35.6 Å². The summed E-state index contributed by atoms with van der Waals surface area (Å²) < 4.78 is 28.5. The van der Waals surface area contributed by atoms with Gasteiger partial charge in [0.1, 0.15) is 16.8 Å². The molecule has 17 heavy (non-hydrogen) atoms. The third-order valence-corrected chi connectivity index (χ3v) is 3.58. The molecule has 0 aliphatic heterocycles. The van der Waals surface area contributed by atoms with E-state index in [9.17, 15) is 8.60 Å². The van der Waals surface area contributed by atoms with Crippen LogP contribution in [0.1, 0.15) is 32.8 Å². The van der Waals surface area contributed by atoms with Crippen molar-refractivity contribution in [3.63, 3.8) is 0 Å². The summed E-state index contributed by atoms with van der Waals surface area (Å²) in [6.45, 7) is 5.62. The average molecular weight is 255 g/mol. The summed E-state index contributed by atoms with van der Waals surface area (Å²) in [7, 11) is -1.22. The van der Waals surface area contributed by atoms with Gasteiger partial charge in [-0.25, -0.2) is 8.60 Å². The van der Waals surface area contributed by atoms with E-state index in [0.29, 0.717) is 18.4 Å². The van der Waals surface area contributed by atoms with E-state index in [2.05, 4.69) is 4.40 Å². The van der Waals surface area contributed by atoms with E-state index in [1.165, 1.54) is 6.07 Å². The number of halogens is 1. The monoisotopic (exact) mass is 255 g/mol. The second-order valence-corrected chi connectivity index (χ2v) is 6.71. The number of hydrogen-bond donors (Lipinski definition) is 0. The number of hydrogen-bond acceptors (Lipinski definition) is 1. The first kappa shape index (κ1) is 14.0. The van der Waals surface area contributed by atoms with Gasteiger partial charge in [-0.15, -0.1) is 0 Å². The molecule has 0 spiro atoms. The minimum Gasteiger partial charge on any atom is -0.234 e. The van der Waals surface area contributed by atoms with Crippen molar-refractivity contribution in [1.82, 2.24) is 0 Å². The summed E-state index contributed by atoms with van der Waals surface area (Å²) >= 11 is 0. The lowest BCUT2D eigenvalue weighted by atomic mass is 10.1. The van der Waals surface area contributed by atoms with Crippen LogP contribution in [-0.4, -0.2) is 15.2 Å². The van der Waals surface area contributed by atoms with Gasteiger partial charge >= 0.3 is 0 Å². The Balaban J connectivity index is 2.46. The SMILES string of the molecule is CC(C)(C)S(=O)N=CCCc1ccccc1F. The molecule has 4 heteroatoms. The highest BCUT2D eigenvalue weighted by atomic mass is 32.2. The average Bonchev–Trinajstić information content (AvgIpc) is 2.25. The van der Waals surface area contributed by atoms with Gasteiger partial charge in [-0.3, -0.25) is 0 Å². The molecule has 0 aliphatic carbocycles. The van der Waals surface area contributed by atoms with Crippen LogP contribution in [0.25, 0.3) is 0 Å². The van der Waals surface area contributed by atoms with E-state index in [4.69, 9.17) is 0 Å². The second kappa shape index (κ2) is 6.05. The molecule has 0 amide bonds. The highest BCUT2D eigenvalue weighted by Gasteiger charge is 2.17. The van der Waals surface area contributed by atoms with Gasteiger partial charge < -0.3 is 0 Å². The van der Waals surface area contributed by atoms with Crippen molar-refractivity contribution in [2.75, 3.05) is 0 Å². The zero-order valence-corrected chi connectivity index (χ0v) is 11.3. The minimum atomic E-state index is -1.22. The molecule has 1 aromatic carbocycles. The lowest BCUT2D eigenvalue weighted by Gasteiger charge is -2.12. The van der Waals surface area contributed by atoms with Crippen LogP contribution in [0.15, 0.2) is 28.7 Å². The van der Waals surface area contributed by atoms with Crippen molar-refractivity contribution in [3.8, 4) is 0 Å². The highest BCUT2D eigenvalue weighted by Crippen LogP contribution is 2.12. The van der Waals surface area contributed by atoms with Crippen LogP contribution in [0.4, 0.5) is 4.39 Å². The molecule has 1 unspecified atom stereocenters. The number of rotatable bonds is 4. The summed E-state index contributed by atoms with van der Waals surface area (Å²) in [5.74, 6) is -0.196. The quantitative estimate of drug-likeness (QED) is 0.759. The van der Waals surface area contributed by atoms with Gasteiger partial charge in [-0.05, 0) is 45.2 Å². The van der Waals surface area contributed by atoms with Crippen molar-refractivity contribution < 1.29 is 8.60 Å². The molecule has 0 aliphatic rings. The third-order valence-electron chi connectivity index (χ3n) is 2.19. The molecule has 1 aromatic rings. The van der Waals surface area contributed by atoms with Crippen LogP contribution < -0.4 is 0 Å². The number of aryl methyl sites for hydroxylation is 1. The van der Waals surface area contributed by atoms with Crippen molar-refractivity contribution >= 4 is 17.2 Å². The molecular weight excluding hydrogens is 237 g/mol. The molecule has 0 bridgehead atoms. The molecule has 0 saturated heterocycles. The maximum atomic E-state index is 13.3. The molecule has 0 fully saturated rings. The molecule has 2 nitrogen and oxygen atoms in total. The maximum Gasteiger partial charge on any atom is 0.144 e. The number of benzene rings is 1. The van der Waals surface area contributed by atoms with E-state index in [0.717, 1.165) is 0 Å². The Morgan fingerprint density at radius 1 is 1.35 bits per heavy atom. The summed E-state index contributed by atoms with van der Waals surface area (Å²) in [5, 5.41) is 0. The van der Waals surface area contributed by atoms with E-state index in [1.54, 1.807) is 18.3 Å². The Morgan fingerprint density at radius 3 is 2.59 bits per heavy atom. The summed E-state index contributed by atoms with van der Waals surface area (Å²) in [5.41, 5.74) is 0.667. The second-order valence-electron chi connectivity index (χ2n) is 4.78.